The first-order chi connectivity index (χ1) is 17.5. The van der Waals surface area contributed by atoms with Crippen molar-refractivity contribution >= 4 is 10.9 Å². The molecule has 1 saturated carbocycles. The van der Waals surface area contributed by atoms with E-state index in [1.54, 1.807) is 0 Å². The number of fused-ring (bicyclic) bond motifs is 1. The number of ether oxygens (including phenoxy) is 1. The minimum absolute atomic E-state index is 0.0195. The maximum atomic E-state index is 13.3. The molecule has 1 aromatic carbocycles. The van der Waals surface area contributed by atoms with Crippen molar-refractivity contribution in [3.8, 4) is 0 Å². The van der Waals surface area contributed by atoms with Crippen LogP contribution in [0.4, 0.5) is 0 Å². The second-order valence-electron chi connectivity index (χ2n) is 10.8. The third kappa shape index (κ3) is 5.39. The summed E-state index contributed by atoms with van der Waals surface area (Å²) in [7, 11) is 0. The number of aromatic nitrogens is 5. The van der Waals surface area contributed by atoms with Crippen molar-refractivity contribution in [2.45, 2.75) is 103 Å². The summed E-state index contributed by atoms with van der Waals surface area (Å²) in [6.45, 7) is 8.49. The molecular formula is C28H40N6O2. The Hall–Kier alpha value is -2.58. The van der Waals surface area contributed by atoms with Crippen molar-refractivity contribution in [1.82, 2.24) is 30.1 Å². The molecule has 8 nitrogen and oxygen atoms in total. The standard InChI is InChI=1S/C28H40N6O2/c1-4-9-25(27-30-31-32-34(27)23-10-6-5-7-11-23)33(18-24-12-8-13-36-24)17-22-16-21-15-19(2)14-20(3)26(21)29-28(22)35/h14-16,23-25H,4-13,17-18H2,1-3H3,(H,29,35)/t24-,25-/m1/s1. The van der Waals surface area contributed by atoms with E-state index < -0.39 is 0 Å². The molecule has 1 N–H and O–H groups in total. The average Bonchev–Trinajstić information content (AvgIpc) is 3.56. The van der Waals surface area contributed by atoms with Crippen molar-refractivity contribution in [2.24, 2.45) is 0 Å². The first-order valence-corrected chi connectivity index (χ1v) is 13.8. The molecular weight excluding hydrogens is 452 g/mol. The zero-order chi connectivity index (χ0) is 25.1. The Balaban J connectivity index is 1.51. The van der Waals surface area contributed by atoms with E-state index in [2.05, 4.69) is 69.1 Å². The first-order valence-electron chi connectivity index (χ1n) is 13.8. The fraction of sp³-hybridized carbons (Fsp3) is 0.643. The van der Waals surface area contributed by atoms with Gasteiger partial charge < -0.3 is 9.72 Å². The maximum Gasteiger partial charge on any atom is 0.252 e. The molecule has 1 aliphatic heterocycles. The van der Waals surface area contributed by atoms with E-state index >= 15 is 0 Å². The number of H-pyrrole nitrogens is 1. The van der Waals surface area contributed by atoms with Crippen LogP contribution in [0.25, 0.3) is 10.9 Å². The molecule has 3 aromatic rings. The molecule has 0 amide bonds. The van der Waals surface area contributed by atoms with E-state index in [1.807, 2.05) is 0 Å². The zero-order valence-corrected chi connectivity index (χ0v) is 22.0. The third-order valence-corrected chi connectivity index (χ3v) is 7.95. The number of hydrogen-bond donors (Lipinski definition) is 1. The molecule has 1 saturated heterocycles. The Kier molecular flexibility index (Phi) is 7.82. The van der Waals surface area contributed by atoms with Gasteiger partial charge in [-0.2, -0.15) is 0 Å². The molecule has 0 spiro atoms. The summed E-state index contributed by atoms with van der Waals surface area (Å²) in [4.78, 5) is 18.8. The summed E-state index contributed by atoms with van der Waals surface area (Å²) < 4.78 is 8.16. The Morgan fingerprint density at radius 2 is 1.97 bits per heavy atom. The summed E-state index contributed by atoms with van der Waals surface area (Å²) in [5.41, 5.74) is 3.98. The fourth-order valence-corrected chi connectivity index (χ4v) is 6.17. The van der Waals surface area contributed by atoms with Crippen molar-refractivity contribution in [3.63, 3.8) is 0 Å². The normalized spacial score (nSPS) is 19.9. The highest BCUT2D eigenvalue weighted by Crippen LogP contribution is 2.33. The quantitative estimate of drug-likeness (QED) is 0.444. The second kappa shape index (κ2) is 11.2. The van der Waals surface area contributed by atoms with Gasteiger partial charge in [-0.25, -0.2) is 4.68 Å². The monoisotopic (exact) mass is 492 g/mol. The van der Waals surface area contributed by atoms with Crippen molar-refractivity contribution < 1.29 is 4.74 Å². The van der Waals surface area contributed by atoms with Crippen LogP contribution in [0.3, 0.4) is 0 Å². The van der Waals surface area contributed by atoms with E-state index in [1.165, 1.54) is 24.8 Å². The van der Waals surface area contributed by atoms with Gasteiger partial charge >= 0.3 is 0 Å². The van der Waals surface area contributed by atoms with Crippen LogP contribution in [-0.4, -0.2) is 49.3 Å². The molecule has 194 valence electrons. The molecule has 0 unspecified atom stereocenters. The van der Waals surface area contributed by atoms with Gasteiger partial charge in [0.1, 0.15) is 0 Å². The van der Waals surface area contributed by atoms with Crippen LogP contribution in [0, 0.1) is 13.8 Å². The van der Waals surface area contributed by atoms with Gasteiger partial charge in [0.2, 0.25) is 0 Å². The predicted octanol–water partition coefficient (Wildman–Crippen LogP) is 5.16. The third-order valence-electron chi connectivity index (χ3n) is 7.95. The van der Waals surface area contributed by atoms with Crippen LogP contribution in [-0.2, 0) is 11.3 Å². The predicted molar refractivity (Wildman–Crippen MR) is 141 cm³/mol. The Bertz CT molecular complexity index is 1220. The minimum atomic E-state index is -0.0195. The zero-order valence-electron chi connectivity index (χ0n) is 22.0. The lowest BCUT2D eigenvalue weighted by Gasteiger charge is -2.33. The van der Waals surface area contributed by atoms with Crippen molar-refractivity contribution in [1.29, 1.82) is 0 Å². The number of nitrogens with one attached hydrogen (secondary N) is 1. The Labute approximate surface area is 213 Å². The summed E-state index contributed by atoms with van der Waals surface area (Å²) in [5, 5.41) is 14.3. The lowest BCUT2D eigenvalue weighted by atomic mass is 9.95. The number of aromatic amines is 1. The molecule has 0 bridgehead atoms. The van der Waals surface area contributed by atoms with Gasteiger partial charge in [0.05, 0.1) is 23.7 Å². The molecule has 36 heavy (non-hydrogen) atoms. The number of benzene rings is 1. The number of nitrogens with zero attached hydrogens (tertiary/aromatic N) is 5. The largest absolute Gasteiger partial charge is 0.377 e. The van der Waals surface area contributed by atoms with Crippen molar-refractivity contribution in [3.05, 3.63) is 51.1 Å². The second-order valence-corrected chi connectivity index (χ2v) is 10.8. The van der Waals surface area contributed by atoms with Gasteiger partial charge in [-0.1, -0.05) is 44.2 Å². The average molecular weight is 493 g/mol. The van der Waals surface area contributed by atoms with E-state index in [4.69, 9.17) is 4.74 Å². The smallest absolute Gasteiger partial charge is 0.252 e. The van der Waals surface area contributed by atoms with Gasteiger partial charge in [0.25, 0.3) is 5.56 Å². The SMILES string of the molecule is CCC[C@H](c1nnnn1C1CCCCC1)N(Cc1cc2cc(C)cc(C)c2[nH]c1=O)C[C@H]1CCCO1. The number of aryl methyl sites for hydroxylation is 2. The highest BCUT2D eigenvalue weighted by atomic mass is 16.5. The van der Waals surface area contributed by atoms with E-state index in [0.29, 0.717) is 12.6 Å². The van der Waals surface area contributed by atoms with Gasteiger partial charge in [0, 0.05) is 25.3 Å². The van der Waals surface area contributed by atoms with Crippen LogP contribution in [0.2, 0.25) is 0 Å². The van der Waals surface area contributed by atoms with Crippen LogP contribution >= 0.6 is 0 Å². The summed E-state index contributed by atoms with van der Waals surface area (Å²) in [5.74, 6) is 0.936. The van der Waals surface area contributed by atoms with Gasteiger partial charge in [0.15, 0.2) is 5.82 Å². The van der Waals surface area contributed by atoms with E-state index in [9.17, 15) is 4.79 Å². The molecule has 8 heteroatoms. The van der Waals surface area contributed by atoms with Crippen LogP contribution < -0.4 is 5.56 Å². The van der Waals surface area contributed by atoms with E-state index in [-0.39, 0.29) is 17.7 Å². The molecule has 2 aliphatic rings. The lowest BCUT2D eigenvalue weighted by molar-refractivity contribution is 0.0468. The lowest BCUT2D eigenvalue weighted by Crippen LogP contribution is -2.38. The van der Waals surface area contributed by atoms with Gasteiger partial charge in [-0.05, 0) is 79.5 Å². The summed E-state index contributed by atoms with van der Waals surface area (Å²) >= 11 is 0. The minimum Gasteiger partial charge on any atom is -0.377 e. The summed E-state index contributed by atoms with van der Waals surface area (Å²) in [6.07, 6.45) is 10.3. The first kappa shape index (κ1) is 25.1. The van der Waals surface area contributed by atoms with Crippen molar-refractivity contribution in [2.75, 3.05) is 13.2 Å². The number of rotatable bonds is 9. The van der Waals surface area contributed by atoms with Crippen LogP contribution in [0.1, 0.15) is 99.3 Å². The molecule has 2 fully saturated rings. The number of hydrogen-bond acceptors (Lipinski definition) is 6. The molecule has 5 rings (SSSR count). The topological polar surface area (TPSA) is 88.9 Å². The number of tetrazole rings is 1. The number of pyridine rings is 1. The highest BCUT2D eigenvalue weighted by molar-refractivity contribution is 5.82. The molecule has 2 atom stereocenters. The molecule has 0 radical (unpaired) electrons. The van der Waals surface area contributed by atoms with Gasteiger partial charge in [-0.15, -0.1) is 5.10 Å². The summed E-state index contributed by atoms with van der Waals surface area (Å²) in [6, 6.07) is 6.74. The molecule has 1 aliphatic carbocycles. The maximum absolute atomic E-state index is 13.3. The van der Waals surface area contributed by atoms with E-state index in [0.717, 1.165) is 79.5 Å². The molecule has 2 aromatic heterocycles. The fourth-order valence-electron chi connectivity index (χ4n) is 6.17. The highest BCUT2D eigenvalue weighted by Gasteiger charge is 2.32. The Morgan fingerprint density at radius 1 is 1.14 bits per heavy atom. The van der Waals surface area contributed by atoms with Crippen LogP contribution in [0.15, 0.2) is 23.0 Å². The Morgan fingerprint density at radius 3 is 2.72 bits per heavy atom. The van der Waals surface area contributed by atoms with Gasteiger partial charge in [-0.3, -0.25) is 9.69 Å². The van der Waals surface area contributed by atoms with Crippen LogP contribution in [0.5, 0.6) is 0 Å². The molecule has 3 heterocycles.